The lowest BCUT2D eigenvalue weighted by Crippen LogP contribution is -2.50. The maximum Gasteiger partial charge on any atom is 0.410 e. The molecule has 0 saturated carbocycles. The first kappa shape index (κ1) is 16.9. The van der Waals surface area contributed by atoms with Crippen molar-refractivity contribution in [3.63, 3.8) is 0 Å². The van der Waals surface area contributed by atoms with Gasteiger partial charge in [-0.05, 0) is 32.9 Å². The number of rotatable bonds is 1. The van der Waals surface area contributed by atoms with Crippen LogP contribution in [0.3, 0.4) is 0 Å². The highest BCUT2D eigenvalue weighted by atomic mass is 35.5. The molecular weight excluding hydrogens is 332 g/mol. The van der Waals surface area contributed by atoms with Crippen LogP contribution in [0.25, 0.3) is 0 Å². The second-order valence-corrected chi connectivity index (χ2v) is 7.40. The molecule has 2 aliphatic heterocycles. The Morgan fingerprint density at radius 2 is 1.88 bits per heavy atom. The minimum absolute atomic E-state index is 0.263. The molecule has 1 aromatic carbocycles. The Kier molecular flexibility index (Phi) is 4.34. The monoisotopic (exact) mass is 352 g/mol. The van der Waals surface area contributed by atoms with Crippen LogP contribution in [0.4, 0.5) is 10.5 Å². The van der Waals surface area contributed by atoms with Crippen molar-refractivity contribution in [1.29, 1.82) is 0 Å². The zero-order chi connectivity index (χ0) is 17.5. The fourth-order valence-electron chi connectivity index (χ4n) is 2.86. The van der Waals surface area contributed by atoms with Crippen LogP contribution in [0, 0.1) is 0 Å². The first-order valence-electron chi connectivity index (χ1n) is 7.97. The third-order valence-electron chi connectivity index (χ3n) is 4.02. The highest BCUT2D eigenvalue weighted by Crippen LogP contribution is 2.32. The van der Waals surface area contributed by atoms with Crippen LogP contribution in [-0.2, 0) is 16.1 Å². The summed E-state index contributed by atoms with van der Waals surface area (Å²) in [6, 6.07) is 3.73. The van der Waals surface area contributed by atoms with Gasteiger partial charge in [0.25, 0.3) is 0 Å². The zero-order valence-electron chi connectivity index (χ0n) is 14.1. The smallest absolute Gasteiger partial charge is 0.410 e. The van der Waals surface area contributed by atoms with Gasteiger partial charge in [0.15, 0.2) is 0 Å². The number of anilines is 1. The Balaban J connectivity index is 1.66. The number of ether oxygens (including phenoxy) is 2. The number of piperazine rings is 1. The number of hydrogen-bond acceptors (Lipinski definition) is 5. The number of carbonyl (C=O) groups is 2. The standard InChI is InChI=1S/C17H21ClN2O4/c1-17(2,3)24-16(22)20-6-4-19(5-7-20)12-8-11-10-23-15(21)14(11)13(18)9-12/h8-9H,4-7,10H2,1-3H3. The zero-order valence-corrected chi connectivity index (χ0v) is 14.9. The third-order valence-corrected chi connectivity index (χ3v) is 4.31. The molecule has 2 heterocycles. The molecule has 24 heavy (non-hydrogen) atoms. The lowest BCUT2D eigenvalue weighted by atomic mass is 10.1. The van der Waals surface area contributed by atoms with Gasteiger partial charge in [-0.15, -0.1) is 0 Å². The molecule has 3 rings (SSSR count). The predicted octanol–water partition coefficient (Wildman–Crippen LogP) is 3.07. The van der Waals surface area contributed by atoms with E-state index in [1.165, 1.54) is 0 Å². The van der Waals surface area contributed by atoms with Gasteiger partial charge in [-0.3, -0.25) is 0 Å². The molecule has 0 atom stereocenters. The Bertz CT molecular complexity index is 676. The summed E-state index contributed by atoms with van der Waals surface area (Å²) in [6.07, 6.45) is -0.284. The second kappa shape index (κ2) is 6.16. The fraction of sp³-hybridized carbons (Fsp3) is 0.529. The number of esters is 1. The molecule has 0 spiro atoms. The average Bonchev–Trinajstić information content (AvgIpc) is 2.87. The van der Waals surface area contributed by atoms with Crippen LogP contribution >= 0.6 is 11.6 Å². The van der Waals surface area contributed by atoms with Crippen LogP contribution in [0.15, 0.2) is 12.1 Å². The third kappa shape index (κ3) is 3.43. The van der Waals surface area contributed by atoms with Gasteiger partial charge in [-0.2, -0.15) is 0 Å². The van der Waals surface area contributed by atoms with Crippen LogP contribution in [0.1, 0.15) is 36.7 Å². The normalized spacial score (nSPS) is 17.6. The Morgan fingerprint density at radius 3 is 2.50 bits per heavy atom. The number of carbonyl (C=O) groups excluding carboxylic acids is 2. The maximum absolute atomic E-state index is 12.1. The minimum Gasteiger partial charge on any atom is -0.457 e. The van der Waals surface area contributed by atoms with Gasteiger partial charge in [0.05, 0.1) is 10.6 Å². The number of nitrogens with zero attached hydrogens (tertiary/aromatic N) is 2. The quantitative estimate of drug-likeness (QED) is 0.727. The van der Waals surface area contributed by atoms with Crippen LogP contribution in [0.2, 0.25) is 5.02 Å². The summed E-state index contributed by atoms with van der Waals surface area (Å²) in [5.41, 5.74) is 1.74. The lowest BCUT2D eigenvalue weighted by molar-refractivity contribution is 0.0240. The maximum atomic E-state index is 12.1. The van der Waals surface area contributed by atoms with Crippen molar-refractivity contribution in [2.24, 2.45) is 0 Å². The molecule has 1 fully saturated rings. The number of fused-ring (bicyclic) bond motifs is 1. The van der Waals surface area contributed by atoms with E-state index in [1.54, 1.807) is 11.0 Å². The molecule has 0 N–H and O–H groups in total. The van der Waals surface area contributed by atoms with Crippen molar-refractivity contribution < 1.29 is 19.1 Å². The molecule has 0 bridgehead atoms. The molecular formula is C17H21ClN2O4. The molecule has 1 amide bonds. The SMILES string of the molecule is CC(C)(C)OC(=O)N1CCN(c2cc(Cl)c3c(c2)COC3=O)CC1. The topological polar surface area (TPSA) is 59.1 Å². The predicted molar refractivity (Wildman–Crippen MR) is 90.6 cm³/mol. The van der Waals surface area contributed by atoms with Gasteiger partial charge in [-0.1, -0.05) is 11.6 Å². The summed E-state index contributed by atoms with van der Waals surface area (Å²) < 4.78 is 10.4. The first-order valence-corrected chi connectivity index (χ1v) is 8.35. The van der Waals surface area contributed by atoms with Crippen molar-refractivity contribution in [2.75, 3.05) is 31.1 Å². The van der Waals surface area contributed by atoms with Gasteiger partial charge >= 0.3 is 12.1 Å². The molecule has 7 heteroatoms. The molecule has 0 aromatic heterocycles. The van der Waals surface area contributed by atoms with Gasteiger partial charge in [-0.25, -0.2) is 9.59 Å². The number of hydrogen-bond donors (Lipinski definition) is 0. The summed E-state index contributed by atoms with van der Waals surface area (Å²) in [4.78, 5) is 27.6. The van der Waals surface area contributed by atoms with E-state index in [0.29, 0.717) is 36.8 Å². The van der Waals surface area contributed by atoms with E-state index >= 15 is 0 Å². The lowest BCUT2D eigenvalue weighted by Gasteiger charge is -2.37. The largest absolute Gasteiger partial charge is 0.457 e. The van der Waals surface area contributed by atoms with E-state index in [-0.39, 0.29) is 18.7 Å². The molecule has 0 aliphatic carbocycles. The molecule has 130 valence electrons. The highest BCUT2D eigenvalue weighted by Gasteiger charge is 2.29. The number of cyclic esters (lactones) is 1. The molecule has 0 radical (unpaired) electrons. The number of amides is 1. The van der Waals surface area contributed by atoms with Crippen LogP contribution in [0.5, 0.6) is 0 Å². The van der Waals surface area contributed by atoms with E-state index in [4.69, 9.17) is 21.1 Å². The van der Waals surface area contributed by atoms with Crippen molar-refractivity contribution in [3.8, 4) is 0 Å². The van der Waals surface area contributed by atoms with Crippen LogP contribution < -0.4 is 4.90 Å². The molecule has 2 aliphatic rings. The summed E-state index contributed by atoms with van der Waals surface area (Å²) in [5.74, 6) is -0.365. The first-order chi connectivity index (χ1) is 11.2. The second-order valence-electron chi connectivity index (χ2n) is 6.99. The Hall–Kier alpha value is -1.95. The molecule has 1 aromatic rings. The van der Waals surface area contributed by atoms with E-state index in [0.717, 1.165) is 11.3 Å². The Labute approximate surface area is 146 Å². The summed E-state index contributed by atoms with van der Waals surface area (Å²) in [6.45, 7) is 8.37. The minimum atomic E-state index is -0.492. The number of benzene rings is 1. The van der Waals surface area contributed by atoms with E-state index in [1.807, 2.05) is 26.8 Å². The van der Waals surface area contributed by atoms with Crippen molar-refractivity contribution in [1.82, 2.24) is 4.90 Å². The van der Waals surface area contributed by atoms with Crippen molar-refractivity contribution >= 4 is 29.4 Å². The molecule has 6 nitrogen and oxygen atoms in total. The highest BCUT2D eigenvalue weighted by molar-refractivity contribution is 6.34. The van der Waals surface area contributed by atoms with E-state index < -0.39 is 5.60 Å². The summed E-state index contributed by atoms with van der Waals surface area (Å²) in [5, 5.41) is 0.416. The van der Waals surface area contributed by atoms with Gasteiger partial charge in [0, 0.05) is 37.4 Å². The van der Waals surface area contributed by atoms with Gasteiger partial charge in [0.1, 0.15) is 12.2 Å². The average molecular weight is 353 g/mol. The van der Waals surface area contributed by atoms with Gasteiger partial charge < -0.3 is 19.3 Å². The van der Waals surface area contributed by atoms with Crippen molar-refractivity contribution in [2.45, 2.75) is 33.0 Å². The van der Waals surface area contributed by atoms with Crippen molar-refractivity contribution in [3.05, 3.63) is 28.3 Å². The molecule has 1 saturated heterocycles. The summed E-state index contributed by atoms with van der Waals surface area (Å²) >= 11 is 6.23. The summed E-state index contributed by atoms with van der Waals surface area (Å²) in [7, 11) is 0. The van der Waals surface area contributed by atoms with Crippen LogP contribution in [-0.4, -0.2) is 48.7 Å². The van der Waals surface area contributed by atoms with E-state index in [2.05, 4.69) is 4.90 Å². The van der Waals surface area contributed by atoms with Gasteiger partial charge in [0.2, 0.25) is 0 Å². The molecule has 0 unspecified atom stereocenters. The number of halogens is 1. The Morgan fingerprint density at radius 1 is 1.21 bits per heavy atom. The van der Waals surface area contributed by atoms with E-state index in [9.17, 15) is 9.59 Å². The fourth-order valence-corrected chi connectivity index (χ4v) is 3.17.